The van der Waals surface area contributed by atoms with E-state index in [0.29, 0.717) is 0 Å². The Bertz CT molecular complexity index is 924. The zero-order valence-corrected chi connectivity index (χ0v) is 18.7. The second-order valence-electron chi connectivity index (χ2n) is 9.13. The van der Waals surface area contributed by atoms with Crippen molar-refractivity contribution in [3.63, 3.8) is 0 Å². The van der Waals surface area contributed by atoms with Crippen LogP contribution in [0.3, 0.4) is 0 Å². The van der Waals surface area contributed by atoms with E-state index < -0.39 is 8.32 Å². The zero-order chi connectivity index (χ0) is 20.5. The van der Waals surface area contributed by atoms with Crippen LogP contribution in [0.15, 0.2) is 78.9 Å². The van der Waals surface area contributed by atoms with Crippen LogP contribution in [0.25, 0.3) is 0 Å². The van der Waals surface area contributed by atoms with Gasteiger partial charge in [-0.25, -0.2) is 0 Å². The number of nitrogen functional groups attached to an aromatic ring is 1. The summed E-state index contributed by atoms with van der Waals surface area (Å²) in [6.45, 7) is 7.01. The molecule has 0 aliphatic heterocycles. The SMILES string of the molecule is CC(C)(C)[Si](OC1CCc2cccc(N)c2C1)(c1ccccc1)c1ccccc1. The van der Waals surface area contributed by atoms with Gasteiger partial charge in [-0.2, -0.15) is 0 Å². The van der Waals surface area contributed by atoms with Gasteiger partial charge in [0.05, 0.1) is 6.10 Å². The van der Waals surface area contributed by atoms with Gasteiger partial charge in [-0.3, -0.25) is 0 Å². The maximum absolute atomic E-state index is 7.31. The highest BCUT2D eigenvalue weighted by Crippen LogP contribution is 2.39. The number of anilines is 1. The van der Waals surface area contributed by atoms with E-state index >= 15 is 0 Å². The number of hydrogen-bond donors (Lipinski definition) is 1. The fraction of sp³-hybridized carbons (Fsp3) is 0.308. The molecule has 0 bridgehead atoms. The molecule has 0 amide bonds. The lowest BCUT2D eigenvalue weighted by Crippen LogP contribution is -2.68. The van der Waals surface area contributed by atoms with E-state index in [4.69, 9.17) is 10.2 Å². The summed E-state index contributed by atoms with van der Waals surface area (Å²) in [5.74, 6) is 0. The third-order valence-corrected chi connectivity index (χ3v) is 11.3. The standard InChI is InChI=1S/C26H31NOSi/c1-26(2,3)29(22-12-6-4-7-13-22,23-14-8-5-9-15-23)28-21-18-17-20-11-10-16-25(27)24(20)19-21/h4-16,21H,17-19,27H2,1-3H3. The molecule has 0 fully saturated rings. The van der Waals surface area contributed by atoms with Crippen molar-refractivity contribution in [2.24, 2.45) is 0 Å². The number of fused-ring (bicyclic) bond motifs is 1. The quantitative estimate of drug-likeness (QED) is 0.508. The molecule has 0 radical (unpaired) electrons. The van der Waals surface area contributed by atoms with Crippen LogP contribution in [0.5, 0.6) is 0 Å². The van der Waals surface area contributed by atoms with Crippen LogP contribution in [-0.4, -0.2) is 14.4 Å². The summed E-state index contributed by atoms with van der Waals surface area (Å²) in [5.41, 5.74) is 9.89. The van der Waals surface area contributed by atoms with E-state index in [-0.39, 0.29) is 11.1 Å². The number of hydrogen-bond acceptors (Lipinski definition) is 2. The highest BCUT2D eigenvalue weighted by atomic mass is 28.4. The van der Waals surface area contributed by atoms with Crippen LogP contribution < -0.4 is 16.1 Å². The highest BCUT2D eigenvalue weighted by Gasteiger charge is 2.51. The van der Waals surface area contributed by atoms with Crippen LogP contribution in [0, 0.1) is 0 Å². The summed E-state index contributed by atoms with van der Waals surface area (Å²) in [6.07, 6.45) is 3.15. The van der Waals surface area contributed by atoms with E-state index in [9.17, 15) is 0 Å². The molecule has 0 heterocycles. The Balaban J connectivity index is 1.81. The molecule has 3 heteroatoms. The van der Waals surface area contributed by atoms with Gasteiger partial charge in [-0.05, 0) is 51.9 Å². The first-order valence-corrected chi connectivity index (χ1v) is 12.5. The fourth-order valence-corrected chi connectivity index (χ4v) is 9.54. The number of benzene rings is 3. The van der Waals surface area contributed by atoms with Gasteiger partial charge in [0.25, 0.3) is 8.32 Å². The summed E-state index contributed by atoms with van der Waals surface area (Å²) in [7, 11) is -2.52. The lowest BCUT2D eigenvalue weighted by Gasteiger charge is -2.46. The average molecular weight is 402 g/mol. The van der Waals surface area contributed by atoms with Gasteiger partial charge < -0.3 is 10.2 Å². The third-order valence-electron chi connectivity index (χ3n) is 6.24. The minimum atomic E-state index is -2.52. The molecule has 0 saturated heterocycles. The van der Waals surface area contributed by atoms with Crippen LogP contribution in [0.2, 0.25) is 5.04 Å². The normalized spacial score (nSPS) is 17.0. The predicted molar refractivity (Wildman–Crippen MR) is 125 cm³/mol. The van der Waals surface area contributed by atoms with Crippen molar-refractivity contribution in [1.29, 1.82) is 0 Å². The molecular weight excluding hydrogens is 370 g/mol. The fourth-order valence-electron chi connectivity index (χ4n) is 4.83. The van der Waals surface area contributed by atoms with Crippen LogP contribution in [-0.2, 0) is 17.3 Å². The zero-order valence-electron chi connectivity index (χ0n) is 17.7. The predicted octanol–water partition coefficient (Wildman–Crippen LogP) is 4.70. The monoisotopic (exact) mass is 401 g/mol. The summed E-state index contributed by atoms with van der Waals surface area (Å²) in [4.78, 5) is 0. The molecule has 3 aromatic rings. The van der Waals surface area contributed by atoms with Crippen LogP contribution in [0.4, 0.5) is 5.69 Å². The lowest BCUT2D eigenvalue weighted by molar-refractivity contribution is 0.171. The molecule has 29 heavy (non-hydrogen) atoms. The summed E-state index contributed by atoms with van der Waals surface area (Å²) in [5, 5.41) is 2.68. The summed E-state index contributed by atoms with van der Waals surface area (Å²) in [6, 6.07) is 28.1. The van der Waals surface area contributed by atoms with Gasteiger partial charge in [-0.15, -0.1) is 0 Å². The first kappa shape index (κ1) is 19.9. The van der Waals surface area contributed by atoms with E-state index in [1.807, 2.05) is 6.07 Å². The van der Waals surface area contributed by atoms with Gasteiger partial charge in [0.15, 0.2) is 0 Å². The molecule has 1 aliphatic rings. The Morgan fingerprint density at radius 2 is 1.41 bits per heavy atom. The first-order valence-electron chi connectivity index (χ1n) is 10.6. The largest absolute Gasteiger partial charge is 0.404 e. The minimum absolute atomic E-state index is 0.00177. The molecule has 0 saturated carbocycles. The van der Waals surface area contributed by atoms with E-state index in [2.05, 4.69) is 93.6 Å². The van der Waals surface area contributed by atoms with E-state index in [1.54, 1.807) is 0 Å². The Kier molecular flexibility index (Phi) is 5.37. The summed E-state index contributed by atoms with van der Waals surface area (Å²) >= 11 is 0. The number of nitrogens with two attached hydrogens (primary N) is 1. The maximum atomic E-state index is 7.31. The van der Waals surface area contributed by atoms with E-state index in [0.717, 1.165) is 24.9 Å². The average Bonchev–Trinajstić information content (AvgIpc) is 2.73. The van der Waals surface area contributed by atoms with Crippen molar-refractivity contribution in [2.45, 2.75) is 51.2 Å². The van der Waals surface area contributed by atoms with Gasteiger partial charge in [-0.1, -0.05) is 93.6 Å². The Hall–Kier alpha value is -2.36. The van der Waals surface area contributed by atoms with Crippen LogP contribution >= 0.6 is 0 Å². The molecule has 1 unspecified atom stereocenters. The molecule has 2 N–H and O–H groups in total. The molecule has 3 aromatic carbocycles. The topological polar surface area (TPSA) is 35.2 Å². The number of rotatable bonds is 4. The Morgan fingerprint density at radius 1 is 0.828 bits per heavy atom. The molecule has 1 aliphatic carbocycles. The van der Waals surface area contributed by atoms with Gasteiger partial charge in [0.2, 0.25) is 0 Å². The molecule has 0 aromatic heterocycles. The smallest absolute Gasteiger partial charge is 0.261 e. The van der Waals surface area contributed by atoms with Gasteiger partial charge in [0.1, 0.15) is 0 Å². The molecule has 2 nitrogen and oxygen atoms in total. The molecular formula is C26H31NOSi. The molecule has 1 atom stereocenters. The second kappa shape index (κ2) is 7.81. The third kappa shape index (κ3) is 3.65. The van der Waals surface area contributed by atoms with Crippen molar-refractivity contribution in [3.8, 4) is 0 Å². The van der Waals surface area contributed by atoms with Gasteiger partial charge >= 0.3 is 0 Å². The lowest BCUT2D eigenvalue weighted by atomic mass is 9.89. The van der Waals surface area contributed by atoms with Gasteiger partial charge in [0, 0.05) is 5.69 Å². The highest BCUT2D eigenvalue weighted by molar-refractivity contribution is 6.99. The van der Waals surface area contributed by atoms with E-state index in [1.165, 1.54) is 21.5 Å². The van der Waals surface area contributed by atoms with Crippen molar-refractivity contribution in [3.05, 3.63) is 90.0 Å². The number of aryl methyl sites for hydroxylation is 1. The van der Waals surface area contributed by atoms with Crippen molar-refractivity contribution < 1.29 is 4.43 Å². The molecule has 0 spiro atoms. The first-order chi connectivity index (χ1) is 13.9. The Labute approximate surface area is 175 Å². The maximum Gasteiger partial charge on any atom is 0.261 e. The second-order valence-corrected chi connectivity index (χ2v) is 13.4. The summed E-state index contributed by atoms with van der Waals surface area (Å²) < 4.78 is 7.31. The van der Waals surface area contributed by atoms with Crippen LogP contribution in [0.1, 0.15) is 38.3 Å². The minimum Gasteiger partial charge on any atom is -0.404 e. The van der Waals surface area contributed by atoms with Crippen molar-refractivity contribution in [1.82, 2.24) is 0 Å². The van der Waals surface area contributed by atoms with Crippen molar-refractivity contribution >= 4 is 24.4 Å². The molecule has 4 rings (SSSR count). The van der Waals surface area contributed by atoms with Crippen molar-refractivity contribution in [2.75, 3.05) is 5.73 Å². The molecule has 150 valence electrons. The Morgan fingerprint density at radius 3 is 1.97 bits per heavy atom.